The van der Waals surface area contributed by atoms with Crippen LogP contribution in [0.15, 0.2) is 0 Å². The molecule has 4 heteroatoms. The summed E-state index contributed by atoms with van der Waals surface area (Å²) in [6, 6.07) is 0. The summed E-state index contributed by atoms with van der Waals surface area (Å²) in [7, 11) is 0. The van der Waals surface area contributed by atoms with Crippen molar-refractivity contribution in [2.75, 3.05) is 39.3 Å². The minimum Gasteiger partial charge on any atom is -0.376 e. The SMILES string of the molecule is CC(C)(C)CC(=O)N1CCN(CCCOC(C)(C)C)CC1. The van der Waals surface area contributed by atoms with Crippen LogP contribution in [0.25, 0.3) is 0 Å². The number of piperazine rings is 1. The largest absolute Gasteiger partial charge is 0.376 e. The molecule has 1 fully saturated rings. The van der Waals surface area contributed by atoms with Crippen LogP contribution in [0.2, 0.25) is 0 Å². The smallest absolute Gasteiger partial charge is 0.223 e. The van der Waals surface area contributed by atoms with E-state index in [2.05, 4.69) is 46.4 Å². The van der Waals surface area contributed by atoms with Crippen LogP contribution in [0, 0.1) is 5.41 Å². The summed E-state index contributed by atoms with van der Waals surface area (Å²) in [4.78, 5) is 16.6. The van der Waals surface area contributed by atoms with Crippen LogP contribution in [0.1, 0.15) is 54.4 Å². The molecule has 0 aromatic rings. The van der Waals surface area contributed by atoms with Gasteiger partial charge in [0.05, 0.1) is 5.60 Å². The fourth-order valence-electron chi connectivity index (χ4n) is 2.45. The lowest BCUT2D eigenvalue weighted by Gasteiger charge is -2.36. The first kappa shape index (κ1) is 18.4. The van der Waals surface area contributed by atoms with Gasteiger partial charge in [0, 0.05) is 45.8 Å². The molecule has 0 aromatic heterocycles. The topological polar surface area (TPSA) is 32.8 Å². The van der Waals surface area contributed by atoms with Crippen LogP contribution >= 0.6 is 0 Å². The molecule has 1 aliphatic heterocycles. The van der Waals surface area contributed by atoms with E-state index in [1.165, 1.54) is 0 Å². The highest BCUT2D eigenvalue weighted by molar-refractivity contribution is 5.76. The Morgan fingerprint density at radius 1 is 1.00 bits per heavy atom. The summed E-state index contributed by atoms with van der Waals surface area (Å²) in [6.45, 7) is 18.2. The number of rotatable bonds is 5. The van der Waals surface area contributed by atoms with Crippen LogP contribution in [0.4, 0.5) is 0 Å². The van der Waals surface area contributed by atoms with Crippen molar-refractivity contribution in [3.05, 3.63) is 0 Å². The predicted molar refractivity (Wildman–Crippen MR) is 87.4 cm³/mol. The normalized spacial score (nSPS) is 18.1. The van der Waals surface area contributed by atoms with Crippen LogP contribution < -0.4 is 0 Å². The summed E-state index contributed by atoms with van der Waals surface area (Å²) >= 11 is 0. The van der Waals surface area contributed by atoms with E-state index >= 15 is 0 Å². The molecule has 1 saturated heterocycles. The highest BCUT2D eigenvalue weighted by Crippen LogP contribution is 2.20. The van der Waals surface area contributed by atoms with Gasteiger partial charge in [-0.25, -0.2) is 0 Å². The molecule has 0 aliphatic carbocycles. The van der Waals surface area contributed by atoms with E-state index in [0.29, 0.717) is 12.3 Å². The number of amides is 1. The molecule has 0 N–H and O–H groups in total. The first-order chi connectivity index (χ1) is 9.57. The van der Waals surface area contributed by atoms with Gasteiger partial charge in [0.15, 0.2) is 0 Å². The molecular formula is C17H34N2O2. The molecule has 0 aromatic carbocycles. The summed E-state index contributed by atoms with van der Waals surface area (Å²) in [6.07, 6.45) is 1.71. The van der Waals surface area contributed by atoms with Gasteiger partial charge in [-0.05, 0) is 32.6 Å². The maximum absolute atomic E-state index is 12.2. The first-order valence-electron chi connectivity index (χ1n) is 8.21. The number of ether oxygens (including phenoxy) is 1. The Hall–Kier alpha value is -0.610. The van der Waals surface area contributed by atoms with E-state index in [9.17, 15) is 4.79 Å². The molecule has 1 rings (SSSR count). The first-order valence-corrected chi connectivity index (χ1v) is 8.21. The maximum Gasteiger partial charge on any atom is 0.223 e. The third-order valence-corrected chi connectivity index (χ3v) is 3.56. The van der Waals surface area contributed by atoms with Gasteiger partial charge in [0.2, 0.25) is 5.91 Å². The molecule has 0 radical (unpaired) electrons. The minimum atomic E-state index is -0.0436. The number of carbonyl (C=O) groups is 1. The average molecular weight is 298 g/mol. The second-order valence-corrected chi connectivity index (χ2v) is 8.27. The Bertz CT molecular complexity index is 321. The molecule has 4 nitrogen and oxygen atoms in total. The number of hydrogen-bond donors (Lipinski definition) is 0. The standard InChI is InChI=1S/C17H34N2O2/c1-16(2,3)14-15(20)19-11-9-18(10-12-19)8-7-13-21-17(4,5)6/h7-14H2,1-6H3. The predicted octanol–water partition coefficient (Wildman–Crippen LogP) is 2.77. The molecule has 0 spiro atoms. The molecule has 124 valence electrons. The van der Waals surface area contributed by atoms with Crippen LogP contribution in [-0.4, -0.2) is 60.6 Å². The van der Waals surface area contributed by atoms with Gasteiger partial charge in [-0.3, -0.25) is 9.69 Å². The number of nitrogens with zero attached hydrogens (tertiary/aromatic N) is 2. The van der Waals surface area contributed by atoms with Crippen LogP contribution in [0.5, 0.6) is 0 Å². The summed E-state index contributed by atoms with van der Waals surface area (Å²) < 4.78 is 5.74. The second kappa shape index (κ2) is 7.59. The fourth-order valence-corrected chi connectivity index (χ4v) is 2.45. The molecule has 0 unspecified atom stereocenters. The zero-order valence-electron chi connectivity index (χ0n) is 14.9. The van der Waals surface area contributed by atoms with E-state index in [1.54, 1.807) is 0 Å². The monoisotopic (exact) mass is 298 g/mol. The van der Waals surface area contributed by atoms with Crippen LogP contribution in [0.3, 0.4) is 0 Å². The summed E-state index contributed by atoms with van der Waals surface area (Å²) in [5.74, 6) is 0.304. The second-order valence-electron chi connectivity index (χ2n) is 8.27. The van der Waals surface area contributed by atoms with Gasteiger partial charge in [0.25, 0.3) is 0 Å². The molecule has 1 aliphatic rings. The van der Waals surface area contributed by atoms with Crippen molar-refractivity contribution in [2.45, 2.75) is 60.0 Å². The fraction of sp³-hybridized carbons (Fsp3) is 0.941. The molecule has 1 amide bonds. The van der Waals surface area contributed by atoms with Crippen molar-refractivity contribution in [3.8, 4) is 0 Å². The highest BCUT2D eigenvalue weighted by atomic mass is 16.5. The van der Waals surface area contributed by atoms with Gasteiger partial charge < -0.3 is 9.64 Å². The average Bonchev–Trinajstić information content (AvgIpc) is 2.32. The number of carbonyl (C=O) groups excluding carboxylic acids is 1. The van der Waals surface area contributed by atoms with Gasteiger partial charge in [0.1, 0.15) is 0 Å². The minimum absolute atomic E-state index is 0.0436. The zero-order valence-corrected chi connectivity index (χ0v) is 14.9. The van der Waals surface area contributed by atoms with Gasteiger partial charge >= 0.3 is 0 Å². The van der Waals surface area contributed by atoms with Crippen molar-refractivity contribution in [1.29, 1.82) is 0 Å². The lowest BCUT2D eigenvalue weighted by atomic mass is 9.91. The van der Waals surface area contributed by atoms with Crippen molar-refractivity contribution < 1.29 is 9.53 Å². The quantitative estimate of drug-likeness (QED) is 0.732. The van der Waals surface area contributed by atoms with Crippen molar-refractivity contribution in [2.24, 2.45) is 5.41 Å². The molecule has 1 heterocycles. The van der Waals surface area contributed by atoms with E-state index in [4.69, 9.17) is 4.74 Å². The van der Waals surface area contributed by atoms with Crippen molar-refractivity contribution >= 4 is 5.91 Å². The van der Waals surface area contributed by atoms with E-state index in [0.717, 1.165) is 45.8 Å². The van der Waals surface area contributed by atoms with E-state index < -0.39 is 0 Å². The summed E-state index contributed by atoms with van der Waals surface area (Å²) in [5, 5.41) is 0. The maximum atomic E-state index is 12.2. The molecular weight excluding hydrogens is 264 g/mol. The molecule has 21 heavy (non-hydrogen) atoms. The third kappa shape index (κ3) is 8.42. The Labute approximate surface area is 130 Å². The Kier molecular flexibility index (Phi) is 6.67. The Morgan fingerprint density at radius 2 is 1.57 bits per heavy atom. The lowest BCUT2D eigenvalue weighted by Crippen LogP contribution is -2.49. The molecule has 0 bridgehead atoms. The Morgan fingerprint density at radius 3 is 2.05 bits per heavy atom. The zero-order chi connectivity index (χ0) is 16.1. The summed E-state index contributed by atoms with van der Waals surface area (Å²) in [5.41, 5.74) is 0.0383. The highest BCUT2D eigenvalue weighted by Gasteiger charge is 2.24. The molecule has 0 saturated carbocycles. The Balaban J connectivity index is 2.19. The number of hydrogen-bond acceptors (Lipinski definition) is 3. The lowest BCUT2D eigenvalue weighted by molar-refractivity contribution is -0.134. The van der Waals surface area contributed by atoms with E-state index in [1.807, 2.05) is 4.90 Å². The van der Waals surface area contributed by atoms with Crippen molar-refractivity contribution in [1.82, 2.24) is 9.80 Å². The van der Waals surface area contributed by atoms with Crippen LogP contribution in [-0.2, 0) is 9.53 Å². The van der Waals surface area contributed by atoms with Gasteiger partial charge in [-0.1, -0.05) is 20.8 Å². The van der Waals surface area contributed by atoms with E-state index in [-0.39, 0.29) is 11.0 Å². The molecule has 0 atom stereocenters. The third-order valence-electron chi connectivity index (χ3n) is 3.56. The van der Waals surface area contributed by atoms with Crippen molar-refractivity contribution in [3.63, 3.8) is 0 Å². The van der Waals surface area contributed by atoms with Gasteiger partial charge in [-0.2, -0.15) is 0 Å². The van der Waals surface area contributed by atoms with Gasteiger partial charge in [-0.15, -0.1) is 0 Å².